The molecule has 0 radical (unpaired) electrons. The average molecular weight is 425 g/mol. The van der Waals surface area contributed by atoms with Crippen molar-refractivity contribution in [3.8, 4) is 0 Å². The number of nitrogens with zero attached hydrogens (tertiary/aromatic N) is 2. The molecule has 1 saturated heterocycles. The van der Waals surface area contributed by atoms with Crippen LogP contribution in [0, 0.1) is 0 Å². The lowest BCUT2D eigenvalue weighted by Gasteiger charge is -2.40. The van der Waals surface area contributed by atoms with Crippen molar-refractivity contribution in [2.45, 2.75) is 12.1 Å². The highest BCUT2D eigenvalue weighted by Gasteiger charge is 2.40. The third-order valence-electron chi connectivity index (χ3n) is 4.88. The summed E-state index contributed by atoms with van der Waals surface area (Å²) in [6, 6.07) is 18.3. The van der Waals surface area contributed by atoms with Gasteiger partial charge < -0.3 is 9.64 Å². The predicted octanol–water partition coefficient (Wildman–Crippen LogP) is 5.70. The molecule has 0 unspecified atom stereocenters. The van der Waals surface area contributed by atoms with Gasteiger partial charge in [-0.1, -0.05) is 53.5 Å². The molecule has 146 valence electrons. The molecule has 0 saturated carbocycles. The number of hydrogen-bond donors (Lipinski definition) is 0. The van der Waals surface area contributed by atoms with E-state index < -0.39 is 6.10 Å². The summed E-state index contributed by atoms with van der Waals surface area (Å²) in [4.78, 5) is 18.9. The molecule has 4 rings (SSSR count). The largest absolute Gasteiger partial charge is 0.477 e. The normalized spacial score (nSPS) is 20.6. The minimum atomic E-state index is -0.404. The number of carbonyl (C=O) groups is 1. The van der Waals surface area contributed by atoms with Crippen LogP contribution in [0.3, 0.4) is 0 Å². The van der Waals surface area contributed by atoms with Gasteiger partial charge in [-0.05, 0) is 53.1 Å². The van der Waals surface area contributed by atoms with Crippen LogP contribution in [0.1, 0.15) is 28.8 Å². The Morgan fingerprint density at radius 2 is 1.59 bits per heavy atom. The summed E-state index contributed by atoms with van der Waals surface area (Å²) >= 11 is 12.1. The van der Waals surface area contributed by atoms with Crippen molar-refractivity contribution < 1.29 is 9.53 Å². The summed E-state index contributed by atoms with van der Waals surface area (Å²) in [5.74, 6) is 0.0738. The molecular weight excluding hydrogens is 407 g/mol. The average Bonchev–Trinajstić information content (AvgIpc) is 2.74. The highest BCUT2D eigenvalue weighted by atomic mass is 35.5. The van der Waals surface area contributed by atoms with Crippen LogP contribution < -0.4 is 0 Å². The molecule has 2 aromatic carbocycles. The molecule has 1 aliphatic heterocycles. The number of morpholine rings is 1. The Morgan fingerprint density at radius 3 is 2.17 bits per heavy atom. The SMILES string of the molecule is CN1C(=O)/C(=C/c2cccnc2)O[C@H](c2ccc(Cl)cc2)[C@@H]1c1ccc(Cl)cc1. The van der Waals surface area contributed by atoms with Crippen molar-refractivity contribution in [1.29, 1.82) is 0 Å². The fraction of sp³-hybridized carbons (Fsp3) is 0.130. The smallest absolute Gasteiger partial charge is 0.289 e. The van der Waals surface area contributed by atoms with E-state index in [1.165, 1.54) is 0 Å². The molecule has 3 aromatic rings. The molecular formula is C23H18Cl2N2O2. The predicted molar refractivity (Wildman–Crippen MR) is 114 cm³/mol. The van der Waals surface area contributed by atoms with Gasteiger partial charge in [-0.2, -0.15) is 0 Å². The van der Waals surface area contributed by atoms with Crippen molar-refractivity contribution in [2.75, 3.05) is 7.05 Å². The molecule has 1 aliphatic rings. The van der Waals surface area contributed by atoms with E-state index in [2.05, 4.69) is 4.98 Å². The minimum absolute atomic E-state index is 0.195. The topological polar surface area (TPSA) is 42.4 Å². The fourth-order valence-corrected chi connectivity index (χ4v) is 3.68. The van der Waals surface area contributed by atoms with Gasteiger partial charge in [0.1, 0.15) is 6.10 Å². The number of pyridine rings is 1. The van der Waals surface area contributed by atoms with Gasteiger partial charge >= 0.3 is 0 Å². The zero-order chi connectivity index (χ0) is 20.4. The molecule has 1 aromatic heterocycles. The van der Waals surface area contributed by atoms with Crippen LogP contribution in [0.2, 0.25) is 10.0 Å². The number of amides is 1. The van der Waals surface area contributed by atoms with Crippen LogP contribution >= 0.6 is 23.2 Å². The van der Waals surface area contributed by atoms with Crippen LogP contribution in [0.4, 0.5) is 0 Å². The van der Waals surface area contributed by atoms with Crippen LogP contribution in [0.15, 0.2) is 78.8 Å². The van der Waals surface area contributed by atoms with Crippen LogP contribution in [-0.4, -0.2) is 22.8 Å². The Hall–Kier alpha value is -2.82. The number of hydrogen-bond acceptors (Lipinski definition) is 3. The number of aromatic nitrogens is 1. The lowest BCUT2D eigenvalue weighted by Crippen LogP contribution is -2.42. The van der Waals surface area contributed by atoms with E-state index in [0.29, 0.717) is 10.0 Å². The van der Waals surface area contributed by atoms with Gasteiger partial charge in [0.05, 0.1) is 6.04 Å². The number of benzene rings is 2. The Bertz CT molecular complexity index is 1030. The first kappa shape index (κ1) is 19.5. The number of likely N-dealkylation sites (N-methyl/N-ethyl adjacent to an activating group) is 1. The monoisotopic (exact) mass is 424 g/mol. The molecule has 2 atom stereocenters. The minimum Gasteiger partial charge on any atom is -0.477 e. The fourth-order valence-electron chi connectivity index (χ4n) is 3.42. The van der Waals surface area contributed by atoms with Crippen molar-refractivity contribution in [3.05, 3.63) is 106 Å². The van der Waals surface area contributed by atoms with E-state index in [-0.39, 0.29) is 17.7 Å². The highest BCUT2D eigenvalue weighted by molar-refractivity contribution is 6.30. The van der Waals surface area contributed by atoms with Crippen molar-refractivity contribution in [2.24, 2.45) is 0 Å². The number of ether oxygens (including phenoxy) is 1. The third-order valence-corrected chi connectivity index (χ3v) is 5.39. The summed E-state index contributed by atoms with van der Waals surface area (Å²) in [5, 5.41) is 1.28. The lowest BCUT2D eigenvalue weighted by atomic mass is 9.92. The van der Waals surface area contributed by atoms with Gasteiger partial charge in [-0.3, -0.25) is 9.78 Å². The van der Waals surface area contributed by atoms with E-state index in [9.17, 15) is 4.79 Å². The molecule has 0 N–H and O–H groups in total. The van der Waals surface area contributed by atoms with Crippen molar-refractivity contribution in [3.63, 3.8) is 0 Å². The first-order valence-corrected chi connectivity index (χ1v) is 9.85. The van der Waals surface area contributed by atoms with Gasteiger partial charge in [-0.25, -0.2) is 0 Å². The first-order valence-electron chi connectivity index (χ1n) is 9.09. The molecule has 2 heterocycles. The van der Waals surface area contributed by atoms with Gasteiger partial charge in [0.25, 0.3) is 5.91 Å². The second-order valence-electron chi connectivity index (χ2n) is 6.80. The summed E-state index contributed by atoms with van der Waals surface area (Å²) in [7, 11) is 1.78. The Labute approximate surface area is 179 Å². The number of rotatable bonds is 3. The highest BCUT2D eigenvalue weighted by Crippen LogP contribution is 2.43. The zero-order valence-corrected chi connectivity index (χ0v) is 17.1. The van der Waals surface area contributed by atoms with Crippen molar-refractivity contribution in [1.82, 2.24) is 9.88 Å². The molecule has 29 heavy (non-hydrogen) atoms. The van der Waals surface area contributed by atoms with E-state index >= 15 is 0 Å². The van der Waals surface area contributed by atoms with Crippen LogP contribution in [0.25, 0.3) is 6.08 Å². The van der Waals surface area contributed by atoms with Gasteiger partial charge in [-0.15, -0.1) is 0 Å². The van der Waals surface area contributed by atoms with Gasteiger partial charge in [0.2, 0.25) is 0 Å². The van der Waals surface area contributed by atoms with Crippen LogP contribution in [0.5, 0.6) is 0 Å². The Kier molecular flexibility index (Phi) is 5.56. The summed E-state index contributed by atoms with van der Waals surface area (Å²) in [5.41, 5.74) is 2.65. The Morgan fingerprint density at radius 1 is 0.966 bits per heavy atom. The maximum atomic E-state index is 13.1. The molecule has 0 spiro atoms. The number of halogens is 2. The standard InChI is InChI=1S/C23H18Cl2N2O2/c1-27-21(16-4-8-18(24)9-5-16)22(17-6-10-19(25)11-7-17)29-20(23(27)28)13-15-3-2-12-26-14-15/h2-14,21-22H,1H3/b20-13-/t21-,22+/m0/s1. The molecule has 4 nitrogen and oxygen atoms in total. The van der Waals surface area contributed by atoms with E-state index in [4.69, 9.17) is 27.9 Å². The number of carbonyl (C=O) groups excluding carboxylic acids is 1. The second kappa shape index (κ2) is 8.27. The first-order chi connectivity index (χ1) is 14.0. The molecule has 1 amide bonds. The maximum absolute atomic E-state index is 13.1. The molecule has 0 aliphatic carbocycles. The second-order valence-corrected chi connectivity index (χ2v) is 7.67. The maximum Gasteiger partial charge on any atom is 0.289 e. The molecule has 0 bridgehead atoms. The van der Waals surface area contributed by atoms with Gasteiger partial charge in [0, 0.05) is 29.5 Å². The van der Waals surface area contributed by atoms with E-state index in [1.807, 2.05) is 60.7 Å². The summed E-state index contributed by atoms with van der Waals surface area (Å²) < 4.78 is 6.26. The van der Waals surface area contributed by atoms with Gasteiger partial charge in [0.15, 0.2) is 5.76 Å². The molecule has 1 fully saturated rings. The molecule has 6 heteroatoms. The summed E-state index contributed by atoms with van der Waals surface area (Å²) in [6.45, 7) is 0. The van der Waals surface area contributed by atoms with Crippen LogP contribution in [-0.2, 0) is 9.53 Å². The van der Waals surface area contributed by atoms with Crippen molar-refractivity contribution >= 4 is 35.2 Å². The Balaban J connectivity index is 1.78. The van der Waals surface area contributed by atoms with E-state index in [1.54, 1.807) is 30.4 Å². The lowest BCUT2D eigenvalue weighted by molar-refractivity contribution is -0.144. The quantitative estimate of drug-likeness (QED) is 0.506. The third kappa shape index (κ3) is 4.14. The van der Waals surface area contributed by atoms with E-state index in [0.717, 1.165) is 16.7 Å². The zero-order valence-electron chi connectivity index (χ0n) is 15.6. The summed E-state index contributed by atoms with van der Waals surface area (Å²) in [6.07, 6.45) is 4.68.